The lowest BCUT2D eigenvalue weighted by Gasteiger charge is -2.35. The summed E-state index contributed by atoms with van der Waals surface area (Å²) in [5.74, 6) is -0.657. The maximum atomic E-state index is 13.2. The van der Waals surface area contributed by atoms with Gasteiger partial charge in [-0.25, -0.2) is 14.4 Å². The molecule has 0 spiro atoms. The van der Waals surface area contributed by atoms with Crippen LogP contribution in [0.3, 0.4) is 0 Å². The van der Waals surface area contributed by atoms with E-state index in [0.717, 1.165) is 6.42 Å². The molecular weight excluding hydrogens is 570 g/mol. The largest absolute Gasteiger partial charge is 0.459 e. The molecule has 3 rings (SSSR count). The highest BCUT2D eigenvalue weighted by molar-refractivity contribution is 6.00. The number of nitrogens with one attached hydrogen (secondary N) is 3. The highest BCUT2D eigenvalue weighted by atomic mass is 19.4. The van der Waals surface area contributed by atoms with Gasteiger partial charge in [0.2, 0.25) is 0 Å². The minimum absolute atomic E-state index is 0.0498. The zero-order valence-corrected chi connectivity index (χ0v) is 23.2. The fourth-order valence-electron chi connectivity index (χ4n) is 4.28. The molecule has 1 heterocycles. The van der Waals surface area contributed by atoms with Crippen LogP contribution in [0, 0.1) is 0 Å². The van der Waals surface area contributed by atoms with Crippen LogP contribution < -0.4 is 16.0 Å². The lowest BCUT2D eigenvalue weighted by Crippen LogP contribution is -2.48. The predicted octanol–water partition coefficient (Wildman–Crippen LogP) is 7.46. The Morgan fingerprint density at radius 3 is 2.12 bits per heavy atom. The van der Waals surface area contributed by atoms with Gasteiger partial charge < -0.3 is 20.7 Å². The summed E-state index contributed by atoms with van der Waals surface area (Å²) < 4.78 is 84.5. The first-order chi connectivity index (χ1) is 19.5. The van der Waals surface area contributed by atoms with Gasteiger partial charge in [0, 0.05) is 23.6 Å². The summed E-state index contributed by atoms with van der Waals surface area (Å²) >= 11 is 0. The topological polar surface area (TPSA) is 99.8 Å². The maximum absolute atomic E-state index is 13.2. The van der Waals surface area contributed by atoms with E-state index in [1.807, 2.05) is 12.2 Å². The Hall–Kier alpha value is -4.23. The molecule has 0 aromatic heterocycles. The van der Waals surface area contributed by atoms with Crippen molar-refractivity contribution >= 4 is 29.4 Å². The third-order valence-electron chi connectivity index (χ3n) is 6.22. The lowest BCUT2D eigenvalue weighted by molar-refractivity contribution is -0.144. The van der Waals surface area contributed by atoms with Gasteiger partial charge in [-0.15, -0.1) is 0 Å². The molecule has 14 heteroatoms. The molecule has 2 aromatic carbocycles. The molecule has 0 saturated heterocycles. The van der Waals surface area contributed by atoms with E-state index in [1.165, 1.54) is 23.1 Å². The number of unbranched alkanes of at least 4 members (excludes halogenated alkanes) is 1. The van der Waals surface area contributed by atoms with E-state index >= 15 is 0 Å². The number of carbonyl (C=O) groups excluding carboxylic acids is 3. The minimum atomic E-state index is -5.08. The summed E-state index contributed by atoms with van der Waals surface area (Å²) in [6, 6.07) is 4.07. The fraction of sp³-hybridized carbons (Fsp3) is 0.393. The Kier molecular flexibility index (Phi) is 9.79. The van der Waals surface area contributed by atoms with Gasteiger partial charge in [0.25, 0.3) is 0 Å². The number of benzene rings is 2. The number of allylic oxidation sites excluding steroid dienone is 1. The average molecular weight is 601 g/mol. The Labute approximate surface area is 238 Å². The molecule has 0 radical (unpaired) electrons. The molecule has 0 bridgehead atoms. The number of amides is 4. The SMILES string of the molecule is CCCCN1C(=O)NC(c2cccc(NC(=O)Nc3cc(C(F)(F)F)cc(C(F)(F)F)c3)c2)C(C(=O)OC(C)C)=C1C. The number of ether oxygens (including phenoxy) is 1. The molecule has 0 saturated carbocycles. The van der Waals surface area contributed by atoms with Crippen LogP contribution in [0.25, 0.3) is 0 Å². The monoisotopic (exact) mass is 600 g/mol. The van der Waals surface area contributed by atoms with Gasteiger partial charge in [-0.05, 0) is 63.1 Å². The Bertz CT molecular complexity index is 1340. The first-order valence-corrected chi connectivity index (χ1v) is 13.0. The van der Waals surface area contributed by atoms with Crippen LogP contribution in [0.15, 0.2) is 53.7 Å². The van der Waals surface area contributed by atoms with Crippen LogP contribution in [0.4, 0.5) is 47.3 Å². The van der Waals surface area contributed by atoms with Gasteiger partial charge in [0.15, 0.2) is 0 Å². The number of nitrogens with zero attached hydrogens (tertiary/aromatic N) is 1. The van der Waals surface area contributed by atoms with E-state index in [4.69, 9.17) is 4.74 Å². The molecule has 8 nitrogen and oxygen atoms in total. The highest BCUT2D eigenvalue weighted by Crippen LogP contribution is 2.38. The van der Waals surface area contributed by atoms with Crippen LogP contribution >= 0.6 is 0 Å². The van der Waals surface area contributed by atoms with Crippen molar-refractivity contribution in [2.75, 3.05) is 17.2 Å². The number of hydrogen-bond acceptors (Lipinski definition) is 4. The van der Waals surface area contributed by atoms with E-state index in [1.54, 1.807) is 26.8 Å². The molecule has 1 aliphatic rings. The number of anilines is 2. The molecule has 42 heavy (non-hydrogen) atoms. The summed E-state index contributed by atoms with van der Waals surface area (Å²) in [4.78, 5) is 40.1. The van der Waals surface area contributed by atoms with Crippen molar-refractivity contribution in [3.05, 3.63) is 70.4 Å². The first kappa shape index (κ1) is 32.3. The van der Waals surface area contributed by atoms with Gasteiger partial charge in [-0.1, -0.05) is 25.5 Å². The van der Waals surface area contributed by atoms with Crippen LogP contribution in [0.2, 0.25) is 0 Å². The summed E-state index contributed by atoms with van der Waals surface area (Å²) in [5, 5.41) is 7.12. The second kappa shape index (κ2) is 12.7. The molecule has 4 amide bonds. The van der Waals surface area contributed by atoms with Crippen molar-refractivity contribution in [2.24, 2.45) is 0 Å². The number of hydrogen-bond donors (Lipinski definition) is 3. The van der Waals surface area contributed by atoms with Gasteiger partial charge in [-0.2, -0.15) is 26.3 Å². The second-order valence-corrected chi connectivity index (χ2v) is 9.84. The number of urea groups is 2. The molecule has 1 unspecified atom stereocenters. The van der Waals surface area contributed by atoms with Crippen molar-refractivity contribution in [2.45, 2.75) is 65.0 Å². The molecule has 3 N–H and O–H groups in total. The molecule has 0 aliphatic carbocycles. The predicted molar refractivity (Wildman–Crippen MR) is 142 cm³/mol. The van der Waals surface area contributed by atoms with Gasteiger partial charge in [-0.3, -0.25) is 4.90 Å². The van der Waals surface area contributed by atoms with Crippen molar-refractivity contribution in [3.63, 3.8) is 0 Å². The summed E-state index contributed by atoms with van der Waals surface area (Å²) in [6.45, 7) is 7.29. The number of rotatable bonds is 8. The molecule has 1 atom stereocenters. The third-order valence-corrected chi connectivity index (χ3v) is 6.22. The van der Waals surface area contributed by atoms with Gasteiger partial charge in [0.05, 0.1) is 28.8 Å². The minimum Gasteiger partial charge on any atom is -0.459 e. The maximum Gasteiger partial charge on any atom is 0.416 e. The zero-order chi connectivity index (χ0) is 31.4. The lowest BCUT2D eigenvalue weighted by atomic mass is 9.94. The number of esters is 1. The van der Waals surface area contributed by atoms with E-state index in [0.29, 0.717) is 36.4 Å². The third kappa shape index (κ3) is 7.95. The van der Waals surface area contributed by atoms with Gasteiger partial charge in [0.1, 0.15) is 0 Å². The van der Waals surface area contributed by atoms with E-state index < -0.39 is 59.3 Å². The molecule has 2 aromatic rings. The normalized spacial score (nSPS) is 15.9. The average Bonchev–Trinajstić information content (AvgIpc) is 2.86. The van der Waals surface area contributed by atoms with Crippen LogP contribution in [-0.4, -0.2) is 35.6 Å². The Morgan fingerprint density at radius 1 is 0.976 bits per heavy atom. The van der Waals surface area contributed by atoms with E-state index in [9.17, 15) is 40.7 Å². The Balaban J connectivity index is 1.90. The quantitative estimate of drug-likeness (QED) is 0.216. The zero-order valence-electron chi connectivity index (χ0n) is 23.2. The van der Waals surface area contributed by atoms with Crippen molar-refractivity contribution in [1.82, 2.24) is 10.2 Å². The first-order valence-electron chi connectivity index (χ1n) is 13.0. The van der Waals surface area contributed by atoms with Crippen LogP contribution in [0.1, 0.15) is 63.3 Å². The number of halogens is 6. The van der Waals surface area contributed by atoms with Crippen molar-refractivity contribution in [3.8, 4) is 0 Å². The van der Waals surface area contributed by atoms with Crippen molar-refractivity contribution in [1.29, 1.82) is 0 Å². The van der Waals surface area contributed by atoms with Crippen molar-refractivity contribution < 1.29 is 45.5 Å². The second-order valence-electron chi connectivity index (χ2n) is 9.84. The summed E-state index contributed by atoms with van der Waals surface area (Å²) in [7, 11) is 0. The van der Waals surface area contributed by atoms with E-state index in [-0.39, 0.29) is 17.3 Å². The Morgan fingerprint density at radius 2 is 1.57 bits per heavy atom. The smallest absolute Gasteiger partial charge is 0.416 e. The van der Waals surface area contributed by atoms with Crippen LogP contribution in [-0.2, 0) is 21.9 Å². The fourth-order valence-corrected chi connectivity index (χ4v) is 4.28. The van der Waals surface area contributed by atoms with E-state index in [2.05, 4.69) is 10.6 Å². The number of alkyl halides is 6. The summed E-state index contributed by atoms with van der Waals surface area (Å²) in [5.41, 5.74) is -2.88. The standard InChI is InChI=1S/C28H30F6N4O4/c1-5-6-10-38-16(4)22(24(39)42-15(2)3)23(37-26(38)41)17-8-7-9-20(11-17)35-25(40)36-21-13-18(27(29,30)31)12-19(14-21)28(32,33)34/h7-9,11-15,23H,5-6,10H2,1-4H3,(H,37,41)(H2,35,36,40). The highest BCUT2D eigenvalue weighted by Gasteiger charge is 2.38. The molecule has 228 valence electrons. The molecule has 0 fully saturated rings. The molecule has 1 aliphatic heterocycles. The molecular formula is C28H30F6N4O4. The summed E-state index contributed by atoms with van der Waals surface area (Å²) in [6.07, 6.45) is -9.13. The van der Waals surface area contributed by atoms with Crippen LogP contribution in [0.5, 0.6) is 0 Å². The van der Waals surface area contributed by atoms with Gasteiger partial charge >= 0.3 is 30.4 Å². The number of carbonyl (C=O) groups is 3.